The molecule has 0 heterocycles. The van der Waals surface area contributed by atoms with Crippen LogP contribution in [-0.4, -0.2) is 0 Å². The molecule has 17 radical (unpaired) electrons. The number of hydrogen-bond donors (Lipinski definition) is 0. The van der Waals surface area contributed by atoms with Gasteiger partial charge in [-0.1, -0.05) is 0 Å². The van der Waals surface area contributed by atoms with E-state index in [4.69, 9.17) is 0 Å². The Kier molecular flexibility index (Phi) is 25.5. The van der Waals surface area contributed by atoms with Gasteiger partial charge in [0.1, 0.15) is 0 Å². The monoisotopic (exact) mass is 386 g/mol. The second-order valence-electron chi connectivity index (χ2n) is 3.08. The average molecular weight is 386 g/mol. The quantitative estimate of drug-likeness (QED) is 0.525. The molecular formula is C16H16KLa+. The van der Waals surface area contributed by atoms with Crippen LogP contribution in [0.2, 0.25) is 0 Å². The fourth-order valence-electron chi connectivity index (χ4n) is 1.03. The van der Waals surface area contributed by atoms with E-state index >= 15 is 0 Å². The van der Waals surface area contributed by atoms with Gasteiger partial charge in [-0.05, 0) is 103 Å². The van der Waals surface area contributed by atoms with Crippen molar-refractivity contribution in [2.75, 3.05) is 0 Å². The SMILES string of the molecule is [CH]1[CH][CH][CH][CH][CH][CH][CH]1.[CH]1[CH][CH][CH][CH][CH][CH][CH]1.[K+].[La]. The third-order valence-corrected chi connectivity index (χ3v) is 1.78. The first-order chi connectivity index (χ1) is 8.00. The summed E-state index contributed by atoms with van der Waals surface area (Å²) in [6.07, 6.45) is 32.0. The average Bonchev–Trinajstić information content (AvgIpc) is 2.15. The summed E-state index contributed by atoms with van der Waals surface area (Å²) in [5, 5.41) is 0. The Morgan fingerprint density at radius 1 is 0.222 bits per heavy atom. The molecule has 0 atom stereocenters. The van der Waals surface area contributed by atoms with Gasteiger partial charge < -0.3 is 0 Å². The van der Waals surface area contributed by atoms with E-state index in [1.165, 1.54) is 0 Å². The second-order valence-corrected chi connectivity index (χ2v) is 3.08. The predicted octanol–water partition coefficient (Wildman–Crippen LogP) is 0.273. The van der Waals surface area contributed by atoms with Gasteiger partial charge >= 0.3 is 51.4 Å². The van der Waals surface area contributed by atoms with E-state index in [0.29, 0.717) is 0 Å². The van der Waals surface area contributed by atoms with Crippen LogP contribution in [0.5, 0.6) is 0 Å². The maximum atomic E-state index is 2.00. The molecule has 0 bridgehead atoms. The van der Waals surface area contributed by atoms with Gasteiger partial charge in [-0.3, -0.25) is 0 Å². The Labute approximate surface area is 186 Å². The molecular weight excluding hydrogens is 370 g/mol. The van der Waals surface area contributed by atoms with Crippen LogP contribution >= 0.6 is 0 Å². The molecule has 0 aromatic rings. The first-order valence-corrected chi connectivity index (χ1v) is 5.33. The van der Waals surface area contributed by atoms with Crippen LogP contribution in [0.1, 0.15) is 0 Å². The Bertz CT molecular complexity index is 75.1. The molecule has 2 aliphatic carbocycles. The Morgan fingerprint density at radius 3 is 0.333 bits per heavy atom. The molecule has 0 aromatic heterocycles. The van der Waals surface area contributed by atoms with E-state index in [1.54, 1.807) is 0 Å². The largest absolute Gasteiger partial charge is 1.00 e. The molecule has 0 aliphatic heterocycles. The van der Waals surface area contributed by atoms with Gasteiger partial charge in [0.25, 0.3) is 0 Å². The predicted molar refractivity (Wildman–Crippen MR) is 68.8 cm³/mol. The van der Waals surface area contributed by atoms with E-state index in [0.717, 1.165) is 0 Å². The van der Waals surface area contributed by atoms with Crippen LogP contribution in [0.15, 0.2) is 0 Å². The van der Waals surface area contributed by atoms with Crippen LogP contribution in [0.25, 0.3) is 0 Å². The van der Waals surface area contributed by atoms with Crippen molar-refractivity contribution in [3.05, 3.63) is 103 Å². The molecule has 0 N–H and O–H groups in total. The molecule has 83 valence electrons. The van der Waals surface area contributed by atoms with Crippen LogP contribution in [0.3, 0.4) is 0 Å². The summed E-state index contributed by atoms with van der Waals surface area (Å²) < 4.78 is 0. The van der Waals surface area contributed by atoms with Gasteiger partial charge in [-0.25, -0.2) is 0 Å². The molecule has 2 saturated carbocycles. The summed E-state index contributed by atoms with van der Waals surface area (Å²) in [6, 6.07) is 0. The van der Waals surface area contributed by atoms with E-state index in [1.807, 2.05) is 103 Å². The van der Waals surface area contributed by atoms with Gasteiger partial charge in [0.15, 0.2) is 0 Å². The van der Waals surface area contributed by atoms with Gasteiger partial charge in [-0.15, -0.1) is 0 Å². The minimum Gasteiger partial charge on any atom is -0.0312 e. The summed E-state index contributed by atoms with van der Waals surface area (Å²) in [6.45, 7) is 0. The molecule has 0 unspecified atom stereocenters. The van der Waals surface area contributed by atoms with Crippen molar-refractivity contribution < 1.29 is 87.0 Å². The summed E-state index contributed by atoms with van der Waals surface area (Å²) in [4.78, 5) is 0. The van der Waals surface area contributed by atoms with E-state index < -0.39 is 0 Å². The fourth-order valence-corrected chi connectivity index (χ4v) is 1.03. The summed E-state index contributed by atoms with van der Waals surface area (Å²) in [5.74, 6) is 0. The molecule has 0 saturated heterocycles. The topological polar surface area (TPSA) is 0 Å². The zero-order valence-corrected chi connectivity index (χ0v) is 17.6. The Morgan fingerprint density at radius 2 is 0.278 bits per heavy atom. The van der Waals surface area contributed by atoms with Crippen LogP contribution in [0, 0.1) is 138 Å². The minimum atomic E-state index is 0. The molecule has 2 rings (SSSR count). The van der Waals surface area contributed by atoms with Crippen LogP contribution in [0.4, 0.5) is 0 Å². The molecule has 18 heavy (non-hydrogen) atoms. The van der Waals surface area contributed by atoms with Crippen molar-refractivity contribution >= 4 is 0 Å². The smallest absolute Gasteiger partial charge is 0.0312 e. The minimum absolute atomic E-state index is 0. The molecule has 2 heteroatoms. The first-order valence-electron chi connectivity index (χ1n) is 5.33. The molecule has 0 nitrogen and oxygen atoms in total. The van der Waals surface area contributed by atoms with Crippen molar-refractivity contribution in [3.63, 3.8) is 0 Å². The van der Waals surface area contributed by atoms with E-state index in [2.05, 4.69) is 0 Å². The molecule has 0 spiro atoms. The fraction of sp³-hybridized carbons (Fsp3) is 0. The zero-order valence-electron chi connectivity index (χ0n) is 10.8. The van der Waals surface area contributed by atoms with Crippen molar-refractivity contribution in [2.45, 2.75) is 0 Å². The van der Waals surface area contributed by atoms with Gasteiger partial charge in [0.05, 0.1) is 0 Å². The van der Waals surface area contributed by atoms with Gasteiger partial charge in [0, 0.05) is 35.6 Å². The Hall–Kier alpha value is 2.83. The van der Waals surface area contributed by atoms with E-state index in [-0.39, 0.29) is 87.0 Å². The number of hydrogen-bond acceptors (Lipinski definition) is 0. The van der Waals surface area contributed by atoms with E-state index in [9.17, 15) is 0 Å². The maximum absolute atomic E-state index is 2.00. The third-order valence-electron chi connectivity index (χ3n) is 1.78. The van der Waals surface area contributed by atoms with Crippen molar-refractivity contribution in [1.82, 2.24) is 0 Å². The maximum Gasteiger partial charge on any atom is 1.00 e. The third kappa shape index (κ3) is 16.9. The van der Waals surface area contributed by atoms with Crippen LogP contribution in [-0.2, 0) is 0 Å². The molecule has 0 amide bonds. The Balaban J connectivity index is 0. The zero-order chi connectivity index (χ0) is 11.3. The van der Waals surface area contributed by atoms with Gasteiger partial charge in [0.2, 0.25) is 0 Å². The number of rotatable bonds is 0. The molecule has 0 aromatic carbocycles. The summed E-state index contributed by atoms with van der Waals surface area (Å²) in [5.41, 5.74) is 0. The van der Waals surface area contributed by atoms with Gasteiger partial charge in [-0.2, -0.15) is 0 Å². The van der Waals surface area contributed by atoms with Crippen molar-refractivity contribution in [1.29, 1.82) is 0 Å². The standard InChI is InChI=1S/2C8H8.K.La/c2*1-2-4-6-8-7-5-3-1;;/h2*1-8H;;/q;;+1;. The van der Waals surface area contributed by atoms with Crippen molar-refractivity contribution in [2.24, 2.45) is 0 Å². The normalized spacial score (nSPS) is 21.3. The summed E-state index contributed by atoms with van der Waals surface area (Å²) >= 11 is 0. The van der Waals surface area contributed by atoms with Crippen molar-refractivity contribution in [3.8, 4) is 0 Å². The first kappa shape index (κ1) is 23.1. The second kappa shape index (κ2) is 19.8. The molecule has 2 aliphatic rings. The molecule has 2 fully saturated rings. The summed E-state index contributed by atoms with van der Waals surface area (Å²) in [7, 11) is 0. The van der Waals surface area contributed by atoms with Crippen LogP contribution < -0.4 is 51.4 Å².